The minimum Gasteiger partial charge on any atom is -0.324 e. The van der Waals surface area contributed by atoms with Crippen LogP contribution in [0.2, 0.25) is 0 Å². The molecule has 0 rings (SSSR count). The highest BCUT2D eigenvalue weighted by atomic mass is 32.1. The lowest BCUT2D eigenvalue weighted by atomic mass is 10.2. The Morgan fingerprint density at radius 2 is 2.10 bits per heavy atom. The van der Waals surface area contributed by atoms with E-state index in [4.69, 9.17) is 11.5 Å². The van der Waals surface area contributed by atoms with Crippen LogP contribution in [-0.2, 0) is 0 Å². The quantitative estimate of drug-likeness (QED) is 0.537. The minimum absolute atomic E-state index is 0.000864. The highest BCUT2D eigenvalue weighted by Gasteiger charge is 1.99. The van der Waals surface area contributed by atoms with Gasteiger partial charge in [0.25, 0.3) is 0 Å². The van der Waals surface area contributed by atoms with Crippen LogP contribution in [0.3, 0.4) is 0 Å². The molecule has 2 nitrogen and oxygen atoms in total. The van der Waals surface area contributed by atoms with E-state index in [1.807, 2.05) is 19.9 Å². The molecule has 4 N–H and O–H groups in total. The van der Waals surface area contributed by atoms with E-state index in [0.717, 1.165) is 11.3 Å². The van der Waals surface area contributed by atoms with Crippen LogP contribution < -0.4 is 11.5 Å². The number of hydrogen-bond donors (Lipinski definition) is 3. The van der Waals surface area contributed by atoms with Crippen molar-refractivity contribution >= 4 is 12.6 Å². The van der Waals surface area contributed by atoms with Crippen molar-refractivity contribution in [1.82, 2.24) is 0 Å². The zero-order valence-electron chi connectivity index (χ0n) is 6.54. The fraction of sp³-hybridized carbons (Fsp3) is 0.714. The molecule has 0 aromatic rings. The van der Waals surface area contributed by atoms with Gasteiger partial charge in [0.2, 0.25) is 0 Å². The van der Waals surface area contributed by atoms with E-state index in [1.165, 1.54) is 0 Å². The van der Waals surface area contributed by atoms with Crippen molar-refractivity contribution in [3.05, 3.63) is 11.0 Å². The predicted octanol–water partition coefficient (Wildman–Crippen LogP) is 0.885. The smallest absolute Gasteiger partial charge is 0.0321 e. The summed E-state index contributed by atoms with van der Waals surface area (Å²) in [7, 11) is 0. The van der Waals surface area contributed by atoms with Gasteiger partial charge in [-0.1, -0.05) is 13.0 Å². The largest absolute Gasteiger partial charge is 0.324 e. The molecule has 0 radical (unpaired) electrons. The Bertz CT molecular complexity index is 121. The van der Waals surface area contributed by atoms with Gasteiger partial charge < -0.3 is 11.5 Å². The third kappa shape index (κ3) is 3.93. The van der Waals surface area contributed by atoms with Crippen LogP contribution in [0.25, 0.3) is 0 Å². The molecule has 0 bridgehead atoms. The molecule has 0 aromatic carbocycles. The summed E-state index contributed by atoms with van der Waals surface area (Å²) in [6, 6.07) is 0.0967. The summed E-state index contributed by atoms with van der Waals surface area (Å²) in [5, 5.41) is 0. The van der Waals surface area contributed by atoms with Gasteiger partial charge in [-0.25, -0.2) is 0 Å². The van der Waals surface area contributed by atoms with Crippen molar-refractivity contribution in [3.63, 3.8) is 0 Å². The molecule has 2 unspecified atom stereocenters. The number of nitrogens with two attached hydrogens (primary N) is 2. The minimum atomic E-state index is 0.000864. The lowest BCUT2D eigenvalue weighted by Crippen LogP contribution is -2.20. The molecule has 0 saturated carbocycles. The second-order valence-electron chi connectivity index (χ2n) is 2.45. The second kappa shape index (κ2) is 4.77. The van der Waals surface area contributed by atoms with Gasteiger partial charge in [-0.3, -0.25) is 0 Å². The van der Waals surface area contributed by atoms with Crippen LogP contribution in [-0.4, -0.2) is 12.1 Å². The number of hydrogen-bond acceptors (Lipinski definition) is 3. The van der Waals surface area contributed by atoms with Gasteiger partial charge in [0.15, 0.2) is 0 Å². The van der Waals surface area contributed by atoms with Crippen molar-refractivity contribution in [2.45, 2.75) is 32.4 Å². The fourth-order valence-electron chi connectivity index (χ4n) is 0.489. The summed E-state index contributed by atoms with van der Waals surface area (Å²) < 4.78 is 0. The summed E-state index contributed by atoms with van der Waals surface area (Å²) in [4.78, 5) is 0.870. The average Bonchev–Trinajstić information content (AvgIpc) is 1.87. The van der Waals surface area contributed by atoms with Gasteiger partial charge in [-0.2, -0.15) is 0 Å². The van der Waals surface area contributed by atoms with Crippen LogP contribution in [0.4, 0.5) is 0 Å². The van der Waals surface area contributed by atoms with Crippen molar-refractivity contribution < 1.29 is 0 Å². The first-order chi connectivity index (χ1) is 4.57. The third-order valence-corrected chi connectivity index (χ3v) is 1.88. The molecule has 0 aromatic heterocycles. The lowest BCUT2D eigenvalue weighted by molar-refractivity contribution is 0.769. The van der Waals surface area contributed by atoms with Crippen LogP contribution in [0, 0.1) is 0 Å². The van der Waals surface area contributed by atoms with E-state index in [2.05, 4.69) is 12.6 Å². The molecular weight excluding hydrogens is 144 g/mol. The van der Waals surface area contributed by atoms with Crippen LogP contribution in [0.15, 0.2) is 11.0 Å². The topological polar surface area (TPSA) is 52.0 Å². The van der Waals surface area contributed by atoms with Gasteiger partial charge in [0.05, 0.1) is 0 Å². The molecule has 0 fully saturated rings. The third-order valence-electron chi connectivity index (χ3n) is 1.32. The Balaban J connectivity index is 3.89. The number of rotatable bonds is 3. The molecule has 0 saturated heterocycles. The maximum Gasteiger partial charge on any atom is 0.0321 e. The molecule has 0 amide bonds. The van der Waals surface area contributed by atoms with E-state index in [0.29, 0.717) is 0 Å². The predicted molar refractivity (Wildman–Crippen MR) is 49.0 cm³/mol. The first-order valence-electron chi connectivity index (χ1n) is 3.49. The highest BCUT2D eigenvalue weighted by Crippen LogP contribution is 2.05. The molecule has 10 heavy (non-hydrogen) atoms. The van der Waals surface area contributed by atoms with E-state index in [-0.39, 0.29) is 12.1 Å². The van der Waals surface area contributed by atoms with Gasteiger partial charge in [-0.05, 0) is 18.2 Å². The molecule has 0 aliphatic rings. The van der Waals surface area contributed by atoms with Crippen molar-refractivity contribution in [2.24, 2.45) is 11.5 Å². The van der Waals surface area contributed by atoms with Crippen LogP contribution >= 0.6 is 12.6 Å². The van der Waals surface area contributed by atoms with Gasteiger partial charge in [0.1, 0.15) is 0 Å². The average molecular weight is 160 g/mol. The monoisotopic (exact) mass is 160 g/mol. The molecule has 2 atom stereocenters. The van der Waals surface area contributed by atoms with Gasteiger partial charge in [-0.15, -0.1) is 12.6 Å². The molecule has 0 aliphatic carbocycles. The van der Waals surface area contributed by atoms with Crippen LogP contribution in [0.5, 0.6) is 0 Å². The zero-order chi connectivity index (χ0) is 8.15. The second-order valence-corrected chi connectivity index (χ2v) is 2.97. The molecule has 0 heterocycles. The van der Waals surface area contributed by atoms with E-state index in [1.54, 1.807) is 0 Å². The SMILES string of the molecule is CCC(N)/C=C(/S)C(C)N. The fourth-order valence-corrected chi connectivity index (χ4v) is 0.680. The first-order valence-corrected chi connectivity index (χ1v) is 3.94. The summed E-state index contributed by atoms with van der Waals surface area (Å²) in [6.45, 7) is 3.92. The summed E-state index contributed by atoms with van der Waals surface area (Å²) in [5.74, 6) is 0. The Morgan fingerprint density at radius 3 is 2.40 bits per heavy atom. The molecule has 60 valence electrons. The zero-order valence-corrected chi connectivity index (χ0v) is 7.44. The Labute approximate surface area is 68.1 Å². The van der Waals surface area contributed by atoms with E-state index in [9.17, 15) is 0 Å². The van der Waals surface area contributed by atoms with Crippen molar-refractivity contribution in [1.29, 1.82) is 0 Å². The Hall–Kier alpha value is 0.01000. The highest BCUT2D eigenvalue weighted by molar-refractivity contribution is 7.84. The summed E-state index contributed by atoms with van der Waals surface area (Å²) in [5.41, 5.74) is 11.2. The lowest BCUT2D eigenvalue weighted by Gasteiger charge is -2.07. The Kier molecular flexibility index (Phi) is 4.77. The molecular formula is C7H16N2S. The van der Waals surface area contributed by atoms with Crippen molar-refractivity contribution in [2.75, 3.05) is 0 Å². The molecule has 3 heteroatoms. The number of thiol groups is 1. The first kappa shape index (κ1) is 10.0. The normalized spacial score (nSPS) is 18.7. The Morgan fingerprint density at radius 1 is 1.60 bits per heavy atom. The van der Waals surface area contributed by atoms with Gasteiger partial charge in [0, 0.05) is 12.1 Å². The standard InChI is InChI=1S/C7H16N2S/c1-3-6(9)4-7(10)5(2)8/h4-6,10H,3,8-9H2,1-2H3/b7-4+. The molecule has 0 spiro atoms. The van der Waals surface area contributed by atoms with E-state index >= 15 is 0 Å². The molecule has 0 aliphatic heterocycles. The maximum absolute atomic E-state index is 5.63. The summed E-state index contributed by atoms with van der Waals surface area (Å²) in [6.07, 6.45) is 2.82. The summed E-state index contributed by atoms with van der Waals surface area (Å²) >= 11 is 4.17. The maximum atomic E-state index is 5.63. The van der Waals surface area contributed by atoms with Crippen molar-refractivity contribution in [3.8, 4) is 0 Å². The van der Waals surface area contributed by atoms with E-state index < -0.39 is 0 Å². The van der Waals surface area contributed by atoms with Gasteiger partial charge >= 0.3 is 0 Å². The van der Waals surface area contributed by atoms with Crippen LogP contribution in [0.1, 0.15) is 20.3 Å².